The van der Waals surface area contributed by atoms with Gasteiger partial charge < -0.3 is 4.90 Å². The van der Waals surface area contributed by atoms with E-state index in [1.54, 1.807) is 6.07 Å². The number of alkyl halides is 3. The number of aryl methyl sites for hydroxylation is 1. The maximum atomic E-state index is 13.2. The van der Waals surface area contributed by atoms with Crippen LogP contribution in [0.1, 0.15) is 68.6 Å². The summed E-state index contributed by atoms with van der Waals surface area (Å²) in [5.41, 5.74) is 3.45. The zero-order valence-electron chi connectivity index (χ0n) is 20.0. The Morgan fingerprint density at radius 2 is 1.55 bits per heavy atom. The molecule has 0 bridgehead atoms. The first-order valence-corrected chi connectivity index (χ1v) is 12.1. The largest absolute Gasteiger partial charge is 0.392 e. The molecule has 1 aliphatic rings. The fourth-order valence-corrected chi connectivity index (χ4v) is 4.77. The molecule has 2 atom stereocenters. The smallest absolute Gasteiger partial charge is 0.303 e. The molecule has 0 aromatic heterocycles. The van der Waals surface area contributed by atoms with Crippen LogP contribution in [0.5, 0.6) is 0 Å². The van der Waals surface area contributed by atoms with E-state index in [1.165, 1.54) is 18.1 Å². The Bertz CT molecular complexity index is 825. The number of nitrogens with zero attached hydrogens (tertiary/aromatic N) is 2. The van der Waals surface area contributed by atoms with Crippen molar-refractivity contribution in [3.8, 4) is 6.07 Å². The van der Waals surface area contributed by atoms with Gasteiger partial charge in [-0.1, -0.05) is 67.9 Å². The Kier molecular flexibility index (Phi) is 11.5. The standard InChI is InChI=1S/C26H34F3N.C2H3N/c1-2-18-30(20-17-21-8-4-3-5-9-21)19-7-10-22-13-15-23(16-14-22)24-11-6-12-25(24)26(27,28)29;1-2-3/h3-5,8-9,13-16,24-25H,2,6-7,10-12,17-20H2,1H3;1H3. The molecule has 2 unspecified atom stereocenters. The van der Waals surface area contributed by atoms with Crippen molar-refractivity contribution in [3.05, 3.63) is 71.3 Å². The number of halogens is 3. The highest BCUT2D eigenvalue weighted by molar-refractivity contribution is 5.27. The van der Waals surface area contributed by atoms with Crippen LogP contribution in [0.15, 0.2) is 54.6 Å². The average molecular weight is 459 g/mol. The Morgan fingerprint density at radius 1 is 0.909 bits per heavy atom. The van der Waals surface area contributed by atoms with Crippen LogP contribution in [-0.2, 0) is 12.8 Å². The molecule has 2 nitrogen and oxygen atoms in total. The third-order valence-electron chi connectivity index (χ3n) is 6.38. The van der Waals surface area contributed by atoms with Gasteiger partial charge in [0.15, 0.2) is 0 Å². The van der Waals surface area contributed by atoms with Gasteiger partial charge in [0.05, 0.1) is 12.0 Å². The lowest BCUT2D eigenvalue weighted by Gasteiger charge is -2.23. The van der Waals surface area contributed by atoms with E-state index < -0.39 is 12.1 Å². The first-order chi connectivity index (χ1) is 15.9. The van der Waals surface area contributed by atoms with Crippen LogP contribution < -0.4 is 0 Å². The van der Waals surface area contributed by atoms with E-state index in [0.717, 1.165) is 50.9 Å². The molecule has 0 heterocycles. The summed E-state index contributed by atoms with van der Waals surface area (Å²) in [5, 5.41) is 7.32. The minimum atomic E-state index is -4.08. The van der Waals surface area contributed by atoms with Gasteiger partial charge in [0.1, 0.15) is 0 Å². The Hall–Kier alpha value is -2.32. The van der Waals surface area contributed by atoms with Crippen molar-refractivity contribution in [2.75, 3.05) is 19.6 Å². The van der Waals surface area contributed by atoms with Crippen LogP contribution in [0.3, 0.4) is 0 Å². The SMILES string of the molecule is CC#N.CCCN(CCCc1ccc(C2CCCC2C(F)(F)F)cc1)CCc1ccccc1. The van der Waals surface area contributed by atoms with Crippen LogP contribution in [0, 0.1) is 17.2 Å². The molecule has 1 aliphatic carbocycles. The van der Waals surface area contributed by atoms with Crippen LogP contribution in [-0.4, -0.2) is 30.7 Å². The van der Waals surface area contributed by atoms with Crippen molar-refractivity contribution < 1.29 is 13.2 Å². The van der Waals surface area contributed by atoms with Gasteiger partial charge in [-0.25, -0.2) is 0 Å². The van der Waals surface area contributed by atoms with Crippen molar-refractivity contribution in [2.45, 2.75) is 70.9 Å². The summed E-state index contributed by atoms with van der Waals surface area (Å²) in [4.78, 5) is 2.52. The molecule has 0 saturated heterocycles. The lowest BCUT2D eigenvalue weighted by atomic mass is 9.88. The summed E-state index contributed by atoms with van der Waals surface area (Å²) in [6.45, 7) is 6.87. The predicted molar refractivity (Wildman–Crippen MR) is 129 cm³/mol. The fraction of sp³-hybridized carbons (Fsp3) is 0.536. The number of nitriles is 1. The highest BCUT2D eigenvalue weighted by atomic mass is 19.4. The third-order valence-corrected chi connectivity index (χ3v) is 6.38. The van der Waals surface area contributed by atoms with Crippen LogP contribution >= 0.6 is 0 Å². The molecule has 2 aromatic rings. The van der Waals surface area contributed by atoms with E-state index in [4.69, 9.17) is 5.26 Å². The quantitative estimate of drug-likeness (QED) is 0.367. The van der Waals surface area contributed by atoms with Gasteiger partial charge in [0.25, 0.3) is 0 Å². The fourth-order valence-electron chi connectivity index (χ4n) is 4.77. The van der Waals surface area contributed by atoms with Gasteiger partial charge in [0, 0.05) is 13.5 Å². The van der Waals surface area contributed by atoms with E-state index in [1.807, 2.05) is 24.3 Å². The molecule has 1 fully saturated rings. The van der Waals surface area contributed by atoms with E-state index in [-0.39, 0.29) is 12.3 Å². The maximum Gasteiger partial charge on any atom is 0.392 e. The van der Waals surface area contributed by atoms with Crippen molar-refractivity contribution in [3.63, 3.8) is 0 Å². The molecule has 2 aromatic carbocycles. The minimum Gasteiger partial charge on any atom is -0.303 e. The summed E-state index contributed by atoms with van der Waals surface area (Å²) in [6.07, 6.45) is 1.77. The molecule has 0 N–H and O–H groups in total. The third kappa shape index (κ3) is 9.21. The first-order valence-electron chi connectivity index (χ1n) is 12.1. The second kappa shape index (κ2) is 14.1. The molecule has 3 rings (SSSR count). The van der Waals surface area contributed by atoms with Crippen molar-refractivity contribution >= 4 is 0 Å². The molecule has 0 spiro atoms. The molecule has 180 valence electrons. The van der Waals surface area contributed by atoms with Gasteiger partial charge in [-0.05, 0) is 74.2 Å². The van der Waals surface area contributed by atoms with Crippen molar-refractivity contribution in [2.24, 2.45) is 5.92 Å². The summed E-state index contributed by atoms with van der Waals surface area (Å²) < 4.78 is 39.7. The van der Waals surface area contributed by atoms with Crippen LogP contribution in [0.2, 0.25) is 0 Å². The normalized spacial score (nSPS) is 18.0. The van der Waals surface area contributed by atoms with Gasteiger partial charge in [0.2, 0.25) is 0 Å². The van der Waals surface area contributed by atoms with Gasteiger partial charge in [-0.2, -0.15) is 18.4 Å². The molecule has 0 radical (unpaired) electrons. The monoisotopic (exact) mass is 458 g/mol. The molecule has 33 heavy (non-hydrogen) atoms. The Balaban J connectivity index is 0.00000122. The van der Waals surface area contributed by atoms with Crippen molar-refractivity contribution in [1.29, 1.82) is 5.26 Å². The summed E-state index contributed by atoms with van der Waals surface area (Å²) in [7, 11) is 0. The Morgan fingerprint density at radius 3 is 2.15 bits per heavy atom. The molecule has 1 saturated carbocycles. The number of benzene rings is 2. The minimum absolute atomic E-state index is 0.270. The molecule has 0 amide bonds. The van der Waals surface area contributed by atoms with Crippen LogP contribution in [0.4, 0.5) is 13.2 Å². The number of hydrogen-bond acceptors (Lipinski definition) is 2. The zero-order valence-corrected chi connectivity index (χ0v) is 20.0. The number of hydrogen-bond donors (Lipinski definition) is 0. The van der Waals surface area contributed by atoms with Gasteiger partial charge in [-0.15, -0.1) is 0 Å². The Labute approximate surface area is 197 Å². The molecular weight excluding hydrogens is 421 g/mol. The van der Waals surface area contributed by atoms with Crippen LogP contribution in [0.25, 0.3) is 0 Å². The first kappa shape index (κ1) is 26.9. The van der Waals surface area contributed by atoms with E-state index in [0.29, 0.717) is 12.8 Å². The van der Waals surface area contributed by atoms with Gasteiger partial charge in [-0.3, -0.25) is 0 Å². The highest BCUT2D eigenvalue weighted by Gasteiger charge is 2.47. The maximum absolute atomic E-state index is 13.2. The second-order valence-electron chi connectivity index (χ2n) is 8.83. The zero-order chi connectivity index (χ0) is 24.1. The lowest BCUT2D eigenvalue weighted by Crippen LogP contribution is -2.28. The summed E-state index contributed by atoms with van der Waals surface area (Å²) in [5.74, 6) is -1.53. The highest BCUT2D eigenvalue weighted by Crippen LogP contribution is 2.48. The van der Waals surface area contributed by atoms with Gasteiger partial charge >= 0.3 is 6.18 Å². The van der Waals surface area contributed by atoms with E-state index >= 15 is 0 Å². The van der Waals surface area contributed by atoms with Crippen molar-refractivity contribution in [1.82, 2.24) is 4.90 Å². The lowest BCUT2D eigenvalue weighted by molar-refractivity contribution is -0.176. The summed E-state index contributed by atoms with van der Waals surface area (Å²) >= 11 is 0. The van der Waals surface area contributed by atoms with E-state index in [9.17, 15) is 13.2 Å². The summed E-state index contributed by atoms with van der Waals surface area (Å²) in [6, 6.07) is 20.3. The molecule has 5 heteroatoms. The molecular formula is C28H37F3N2. The van der Waals surface area contributed by atoms with E-state index in [2.05, 4.69) is 42.2 Å². The predicted octanol–water partition coefficient (Wildman–Crippen LogP) is 7.55. The topological polar surface area (TPSA) is 27.0 Å². The molecule has 0 aliphatic heterocycles. The second-order valence-corrected chi connectivity index (χ2v) is 8.83. The number of rotatable bonds is 10. The average Bonchev–Trinajstić information content (AvgIpc) is 3.30.